The van der Waals surface area contributed by atoms with Gasteiger partial charge < -0.3 is 19.5 Å². The van der Waals surface area contributed by atoms with Crippen LogP contribution in [0.4, 0.5) is 14.5 Å². The van der Waals surface area contributed by atoms with Crippen LogP contribution in [0.5, 0.6) is 5.75 Å². The van der Waals surface area contributed by atoms with Gasteiger partial charge in [-0.05, 0) is 38.3 Å². The molecule has 0 unspecified atom stereocenters. The van der Waals surface area contributed by atoms with Crippen LogP contribution in [-0.4, -0.2) is 37.9 Å². The molecular formula is C16H21F2NO4. The van der Waals surface area contributed by atoms with Crippen LogP contribution < -0.4 is 10.1 Å². The van der Waals surface area contributed by atoms with Crippen LogP contribution in [0, 0.1) is 6.92 Å². The van der Waals surface area contributed by atoms with E-state index in [9.17, 15) is 13.6 Å². The number of hydrogen-bond acceptors (Lipinski definition) is 4. The third-order valence-electron chi connectivity index (χ3n) is 3.62. The lowest BCUT2D eigenvalue weighted by atomic mass is 10.1. The van der Waals surface area contributed by atoms with Gasteiger partial charge in [0.1, 0.15) is 11.9 Å². The van der Waals surface area contributed by atoms with Crippen LogP contribution in [0.1, 0.15) is 25.3 Å². The maximum Gasteiger partial charge on any atom is 0.387 e. The molecule has 1 heterocycles. The molecule has 1 aliphatic heterocycles. The summed E-state index contributed by atoms with van der Waals surface area (Å²) in [7, 11) is 0. The van der Waals surface area contributed by atoms with Crippen LogP contribution in [0.2, 0.25) is 0 Å². The van der Waals surface area contributed by atoms with E-state index in [2.05, 4.69) is 10.1 Å². The summed E-state index contributed by atoms with van der Waals surface area (Å²) in [5.41, 5.74) is 0.855. The summed E-state index contributed by atoms with van der Waals surface area (Å²) in [6, 6.07) is 4.67. The number of ether oxygens (including phenoxy) is 3. The number of anilines is 1. The minimum Gasteiger partial charge on any atom is -0.433 e. The Morgan fingerprint density at radius 1 is 1.48 bits per heavy atom. The van der Waals surface area contributed by atoms with E-state index in [0.717, 1.165) is 12.8 Å². The second-order valence-electron chi connectivity index (χ2n) is 5.43. The van der Waals surface area contributed by atoms with Gasteiger partial charge in [-0.25, -0.2) is 0 Å². The molecule has 0 radical (unpaired) electrons. The number of carbonyl (C=O) groups excluding carboxylic acids is 1. The first-order valence-electron chi connectivity index (χ1n) is 7.56. The normalized spacial score (nSPS) is 18.9. The average Bonchev–Trinajstić information content (AvgIpc) is 3.01. The van der Waals surface area contributed by atoms with Gasteiger partial charge in [0.2, 0.25) is 0 Å². The number of aryl methyl sites for hydroxylation is 1. The van der Waals surface area contributed by atoms with E-state index >= 15 is 0 Å². The molecule has 0 aliphatic carbocycles. The van der Waals surface area contributed by atoms with Crippen molar-refractivity contribution in [2.75, 3.05) is 18.5 Å². The van der Waals surface area contributed by atoms with E-state index in [0.29, 0.717) is 18.8 Å². The smallest absolute Gasteiger partial charge is 0.387 e. The number of benzene rings is 1. The highest BCUT2D eigenvalue weighted by Gasteiger charge is 2.21. The highest BCUT2D eigenvalue weighted by Crippen LogP contribution is 2.29. The molecule has 1 fully saturated rings. The lowest BCUT2D eigenvalue weighted by Gasteiger charge is -2.18. The number of amides is 1. The molecule has 0 aromatic heterocycles. The highest BCUT2D eigenvalue weighted by molar-refractivity contribution is 5.96. The molecular weight excluding hydrogens is 308 g/mol. The molecule has 128 valence electrons. The predicted molar refractivity (Wildman–Crippen MR) is 80.8 cm³/mol. The van der Waals surface area contributed by atoms with Crippen molar-refractivity contribution in [1.29, 1.82) is 0 Å². The average molecular weight is 329 g/mol. The molecule has 1 N–H and O–H groups in total. The van der Waals surface area contributed by atoms with Crippen molar-refractivity contribution in [3.05, 3.63) is 23.8 Å². The van der Waals surface area contributed by atoms with Gasteiger partial charge in [0.05, 0.1) is 18.4 Å². The monoisotopic (exact) mass is 329 g/mol. The number of carbonyl (C=O) groups is 1. The Labute approximate surface area is 133 Å². The van der Waals surface area contributed by atoms with Gasteiger partial charge >= 0.3 is 6.61 Å². The number of nitrogens with one attached hydrogen (secondary N) is 1. The van der Waals surface area contributed by atoms with Crippen molar-refractivity contribution in [2.45, 2.75) is 45.5 Å². The van der Waals surface area contributed by atoms with E-state index in [1.54, 1.807) is 26.0 Å². The van der Waals surface area contributed by atoms with Gasteiger partial charge in [0.15, 0.2) is 0 Å². The molecule has 1 aromatic rings. The summed E-state index contributed by atoms with van der Waals surface area (Å²) >= 11 is 0. The van der Waals surface area contributed by atoms with Crippen molar-refractivity contribution < 1.29 is 27.8 Å². The molecule has 23 heavy (non-hydrogen) atoms. The summed E-state index contributed by atoms with van der Waals surface area (Å²) in [6.07, 6.45) is 1.20. The highest BCUT2D eigenvalue weighted by atomic mass is 19.3. The first-order valence-corrected chi connectivity index (χ1v) is 7.56. The van der Waals surface area contributed by atoms with Gasteiger partial charge in [0.25, 0.3) is 5.91 Å². The number of rotatable bonds is 7. The second-order valence-corrected chi connectivity index (χ2v) is 5.43. The molecule has 1 aromatic carbocycles. The third-order valence-corrected chi connectivity index (χ3v) is 3.62. The van der Waals surface area contributed by atoms with Gasteiger partial charge in [-0.1, -0.05) is 12.1 Å². The fourth-order valence-electron chi connectivity index (χ4n) is 2.32. The minimum absolute atomic E-state index is 0.0152. The van der Waals surface area contributed by atoms with Crippen molar-refractivity contribution in [2.24, 2.45) is 0 Å². The number of hydrogen-bond donors (Lipinski definition) is 1. The summed E-state index contributed by atoms with van der Waals surface area (Å²) < 4.78 is 40.3. The Hall–Kier alpha value is -1.73. The third kappa shape index (κ3) is 5.14. The lowest BCUT2D eigenvalue weighted by Crippen LogP contribution is -2.31. The Balaban J connectivity index is 1.95. The van der Waals surface area contributed by atoms with E-state index < -0.39 is 18.6 Å². The van der Waals surface area contributed by atoms with Crippen molar-refractivity contribution in [1.82, 2.24) is 0 Å². The van der Waals surface area contributed by atoms with Gasteiger partial charge in [-0.15, -0.1) is 0 Å². The molecule has 2 rings (SSSR count). The molecule has 7 heteroatoms. The number of para-hydroxylation sites is 1. The first kappa shape index (κ1) is 17.6. The predicted octanol–water partition coefficient (Wildman–Crippen LogP) is 3.12. The zero-order chi connectivity index (χ0) is 16.8. The molecule has 1 amide bonds. The zero-order valence-electron chi connectivity index (χ0n) is 13.2. The fourth-order valence-corrected chi connectivity index (χ4v) is 2.32. The Morgan fingerprint density at radius 2 is 2.26 bits per heavy atom. The van der Waals surface area contributed by atoms with E-state index in [4.69, 9.17) is 9.47 Å². The van der Waals surface area contributed by atoms with Crippen LogP contribution >= 0.6 is 0 Å². The molecule has 1 saturated heterocycles. The first-order chi connectivity index (χ1) is 11.0. The molecule has 1 aliphatic rings. The van der Waals surface area contributed by atoms with Crippen LogP contribution in [-0.2, 0) is 14.3 Å². The molecule has 0 spiro atoms. The topological polar surface area (TPSA) is 56.8 Å². The van der Waals surface area contributed by atoms with Crippen LogP contribution in [0.25, 0.3) is 0 Å². The van der Waals surface area contributed by atoms with Gasteiger partial charge in [-0.2, -0.15) is 8.78 Å². The van der Waals surface area contributed by atoms with E-state index in [1.807, 2.05) is 0 Å². The number of alkyl halides is 2. The molecule has 5 nitrogen and oxygen atoms in total. The fraction of sp³-hybridized carbons (Fsp3) is 0.562. The SMILES string of the molecule is Cc1cccc(OC(F)F)c1NC(=O)[C@@H](C)OC[C@H]1CCCO1. The zero-order valence-corrected chi connectivity index (χ0v) is 13.2. The number of halogens is 2. The lowest BCUT2D eigenvalue weighted by molar-refractivity contribution is -0.128. The summed E-state index contributed by atoms with van der Waals surface area (Å²) in [5, 5.41) is 2.60. The second kappa shape index (κ2) is 8.21. The van der Waals surface area contributed by atoms with Crippen molar-refractivity contribution in [3.63, 3.8) is 0 Å². The Bertz CT molecular complexity index is 533. The largest absolute Gasteiger partial charge is 0.433 e. The maximum atomic E-state index is 12.4. The quantitative estimate of drug-likeness (QED) is 0.835. The van der Waals surface area contributed by atoms with Gasteiger partial charge in [0, 0.05) is 6.61 Å². The summed E-state index contributed by atoms with van der Waals surface area (Å²) in [4.78, 5) is 12.2. The summed E-state index contributed by atoms with van der Waals surface area (Å²) in [5.74, 6) is -0.490. The molecule has 2 atom stereocenters. The van der Waals surface area contributed by atoms with Crippen LogP contribution in [0.15, 0.2) is 18.2 Å². The van der Waals surface area contributed by atoms with E-state index in [1.165, 1.54) is 6.07 Å². The maximum absolute atomic E-state index is 12.4. The molecule has 0 bridgehead atoms. The Kier molecular flexibility index (Phi) is 6.29. The van der Waals surface area contributed by atoms with Crippen molar-refractivity contribution >= 4 is 11.6 Å². The molecule has 0 saturated carbocycles. The van der Waals surface area contributed by atoms with Crippen molar-refractivity contribution in [3.8, 4) is 5.75 Å². The Morgan fingerprint density at radius 3 is 2.91 bits per heavy atom. The standard InChI is InChI=1S/C16H21F2NO4/c1-10-5-3-7-13(23-16(17)18)14(10)19-15(20)11(2)22-9-12-6-4-8-21-12/h3,5,7,11-12,16H,4,6,8-9H2,1-2H3,(H,19,20)/t11-,12-/m1/s1. The van der Waals surface area contributed by atoms with Crippen LogP contribution in [0.3, 0.4) is 0 Å². The minimum atomic E-state index is -2.96. The van der Waals surface area contributed by atoms with Gasteiger partial charge in [-0.3, -0.25) is 4.79 Å². The van der Waals surface area contributed by atoms with E-state index in [-0.39, 0.29) is 17.5 Å². The summed E-state index contributed by atoms with van der Waals surface area (Å²) in [6.45, 7) is 1.40.